The van der Waals surface area contributed by atoms with E-state index in [4.69, 9.17) is 9.16 Å². The molecule has 2 rings (SSSR count). The molecule has 3 atom stereocenters. The van der Waals surface area contributed by atoms with Crippen LogP contribution in [0.4, 0.5) is 0 Å². The molecule has 0 bridgehead atoms. The molecule has 0 aromatic heterocycles. The molecule has 1 heterocycles. The van der Waals surface area contributed by atoms with E-state index in [-0.39, 0.29) is 11.1 Å². The Morgan fingerprint density at radius 2 is 2.05 bits per heavy atom. The largest absolute Gasteiger partial charge is 0.414 e. The summed E-state index contributed by atoms with van der Waals surface area (Å²) in [5.41, 5.74) is -1.44. The van der Waals surface area contributed by atoms with Gasteiger partial charge in [0, 0.05) is 0 Å². The molecular weight excluding hydrogens is 292 g/mol. The van der Waals surface area contributed by atoms with Crippen LogP contribution in [0.2, 0.25) is 18.1 Å². The lowest BCUT2D eigenvalue weighted by atomic mass is 9.91. The third-order valence-electron chi connectivity index (χ3n) is 5.20. The Balaban J connectivity index is 1.91. The van der Waals surface area contributed by atoms with Gasteiger partial charge in [-0.2, -0.15) is 0 Å². The quantitative estimate of drug-likeness (QED) is 0.373. The van der Waals surface area contributed by atoms with Gasteiger partial charge in [-0.1, -0.05) is 38.7 Å². The molecule has 0 saturated carbocycles. The number of ether oxygens (including phenoxy) is 1. The summed E-state index contributed by atoms with van der Waals surface area (Å²) in [5, 5.41) is 10.6. The minimum absolute atomic E-state index is 0.0188. The summed E-state index contributed by atoms with van der Waals surface area (Å²) in [7, 11) is -1.75. The summed E-state index contributed by atoms with van der Waals surface area (Å²) in [5.74, 6) is 6.14. The van der Waals surface area contributed by atoms with Crippen molar-refractivity contribution < 1.29 is 14.3 Å². The summed E-state index contributed by atoms with van der Waals surface area (Å²) >= 11 is 0. The fourth-order valence-corrected chi connectivity index (χ4v) is 3.25. The van der Waals surface area contributed by atoms with Crippen LogP contribution in [0.3, 0.4) is 0 Å². The van der Waals surface area contributed by atoms with Crippen molar-refractivity contribution in [2.24, 2.45) is 0 Å². The van der Waals surface area contributed by atoms with Crippen molar-refractivity contribution >= 4 is 8.32 Å². The fraction of sp³-hybridized carbons (Fsp3) is 0.778. The van der Waals surface area contributed by atoms with Crippen LogP contribution in [0.5, 0.6) is 0 Å². The number of hydrogen-bond donors (Lipinski definition) is 1. The van der Waals surface area contributed by atoms with Gasteiger partial charge in [0.2, 0.25) is 0 Å². The molecular formula is C18H30O3Si. The van der Waals surface area contributed by atoms with Gasteiger partial charge in [-0.25, -0.2) is 0 Å². The zero-order valence-electron chi connectivity index (χ0n) is 14.8. The normalized spacial score (nSPS) is 35.0. The highest BCUT2D eigenvalue weighted by Gasteiger charge is 2.53. The van der Waals surface area contributed by atoms with Crippen molar-refractivity contribution in [3.8, 4) is 11.8 Å². The Morgan fingerprint density at radius 1 is 1.36 bits per heavy atom. The van der Waals surface area contributed by atoms with Gasteiger partial charge >= 0.3 is 0 Å². The van der Waals surface area contributed by atoms with Gasteiger partial charge in [0.15, 0.2) is 13.9 Å². The summed E-state index contributed by atoms with van der Waals surface area (Å²) in [6, 6.07) is 0. The highest BCUT2D eigenvalue weighted by atomic mass is 28.4. The van der Waals surface area contributed by atoms with Gasteiger partial charge < -0.3 is 14.3 Å². The Kier molecular flexibility index (Phi) is 4.67. The lowest BCUT2D eigenvalue weighted by molar-refractivity contribution is 0.134. The average molecular weight is 323 g/mol. The molecule has 2 aliphatic rings. The number of hydrogen-bond acceptors (Lipinski definition) is 3. The Morgan fingerprint density at radius 3 is 2.59 bits per heavy atom. The molecule has 1 aliphatic carbocycles. The predicted octanol–water partition coefficient (Wildman–Crippen LogP) is 3.64. The first-order chi connectivity index (χ1) is 9.98. The van der Waals surface area contributed by atoms with E-state index in [1.54, 1.807) is 0 Å². The summed E-state index contributed by atoms with van der Waals surface area (Å²) in [6.07, 6.45) is 6.56. The average Bonchev–Trinajstić information content (AvgIpc) is 3.06. The van der Waals surface area contributed by atoms with E-state index < -0.39 is 19.5 Å². The van der Waals surface area contributed by atoms with Crippen LogP contribution in [0.1, 0.15) is 47.0 Å². The second kappa shape index (κ2) is 5.79. The van der Waals surface area contributed by atoms with Crippen molar-refractivity contribution in [3.63, 3.8) is 0 Å². The summed E-state index contributed by atoms with van der Waals surface area (Å²) in [4.78, 5) is 0. The molecule has 0 radical (unpaired) electrons. The predicted molar refractivity (Wildman–Crippen MR) is 92.1 cm³/mol. The monoisotopic (exact) mass is 322 g/mol. The van der Waals surface area contributed by atoms with Gasteiger partial charge in [0.1, 0.15) is 11.7 Å². The first-order valence-corrected chi connectivity index (χ1v) is 11.1. The smallest absolute Gasteiger partial charge is 0.192 e. The Hall–Kier alpha value is -0.603. The van der Waals surface area contributed by atoms with E-state index in [1.807, 2.05) is 19.1 Å². The maximum absolute atomic E-state index is 10.4. The minimum atomic E-state index is -1.75. The maximum Gasteiger partial charge on any atom is 0.192 e. The van der Waals surface area contributed by atoms with Crippen LogP contribution in [0, 0.1) is 11.8 Å². The van der Waals surface area contributed by atoms with Crippen LogP contribution in [0.25, 0.3) is 0 Å². The molecule has 1 fully saturated rings. The van der Waals surface area contributed by atoms with Crippen molar-refractivity contribution in [2.45, 2.75) is 82.4 Å². The molecule has 22 heavy (non-hydrogen) atoms. The summed E-state index contributed by atoms with van der Waals surface area (Å²) in [6.45, 7) is 13.8. The number of allylic oxidation sites excluding steroid dienone is 1. The zero-order valence-corrected chi connectivity index (χ0v) is 15.8. The highest BCUT2D eigenvalue weighted by Crippen LogP contribution is 2.40. The van der Waals surface area contributed by atoms with Crippen LogP contribution in [-0.4, -0.2) is 37.3 Å². The molecule has 0 aromatic rings. The van der Waals surface area contributed by atoms with Crippen molar-refractivity contribution in [2.75, 3.05) is 6.61 Å². The van der Waals surface area contributed by atoms with Crippen molar-refractivity contribution in [1.29, 1.82) is 0 Å². The van der Waals surface area contributed by atoms with Crippen LogP contribution < -0.4 is 0 Å². The first-order valence-electron chi connectivity index (χ1n) is 8.24. The zero-order chi connectivity index (χ0) is 16.6. The SMILES string of the molecule is CC(C)(C)[Si](C)(C)OC[C@@H]1O[C@]1(C)C#CC1(O)C=CCCC1. The molecule has 0 spiro atoms. The van der Waals surface area contributed by atoms with Gasteiger partial charge in [0.05, 0.1) is 6.61 Å². The second-order valence-corrected chi connectivity index (χ2v) is 13.1. The van der Waals surface area contributed by atoms with E-state index in [2.05, 4.69) is 45.7 Å². The van der Waals surface area contributed by atoms with Gasteiger partial charge in [-0.15, -0.1) is 0 Å². The number of aliphatic hydroxyl groups is 1. The van der Waals surface area contributed by atoms with Gasteiger partial charge in [0.25, 0.3) is 0 Å². The molecule has 0 amide bonds. The number of rotatable bonds is 3. The molecule has 3 nitrogen and oxygen atoms in total. The van der Waals surface area contributed by atoms with E-state index in [9.17, 15) is 5.11 Å². The fourth-order valence-electron chi connectivity index (χ4n) is 2.25. The van der Waals surface area contributed by atoms with Gasteiger partial charge in [-0.3, -0.25) is 0 Å². The minimum Gasteiger partial charge on any atom is -0.414 e. The van der Waals surface area contributed by atoms with Crippen LogP contribution in [0.15, 0.2) is 12.2 Å². The Bertz CT molecular complexity index is 509. The Labute approximate surface area is 136 Å². The topological polar surface area (TPSA) is 42.0 Å². The molecule has 1 unspecified atom stereocenters. The molecule has 1 aliphatic heterocycles. The summed E-state index contributed by atoms with van der Waals surface area (Å²) < 4.78 is 11.9. The molecule has 1 N–H and O–H groups in total. The first kappa shape index (κ1) is 17.7. The van der Waals surface area contributed by atoms with E-state index in [0.29, 0.717) is 13.0 Å². The van der Waals surface area contributed by atoms with Gasteiger partial charge in [-0.05, 0) is 50.4 Å². The lowest BCUT2D eigenvalue weighted by Gasteiger charge is -2.36. The van der Waals surface area contributed by atoms with E-state index in [1.165, 1.54) is 0 Å². The van der Waals surface area contributed by atoms with Crippen LogP contribution in [-0.2, 0) is 9.16 Å². The molecule has 124 valence electrons. The van der Waals surface area contributed by atoms with Crippen molar-refractivity contribution in [1.82, 2.24) is 0 Å². The third-order valence-corrected chi connectivity index (χ3v) is 9.70. The maximum atomic E-state index is 10.4. The van der Waals surface area contributed by atoms with E-state index >= 15 is 0 Å². The molecule has 0 aromatic carbocycles. The van der Waals surface area contributed by atoms with Crippen LogP contribution >= 0.6 is 0 Å². The van der Waals surface area contributed by atoms with Crippen molar-refractivity contribution in [3.05, 3.63) is 12.2 Å². The highest BCUT2D eigenvalue weighted by molar-refractivity contribution is 6.74. The third kappa shape index (κ3) is 4.02. The van der Waals surface area contributed by atoms with E-state index in [0.717, 1.165) is 12.8 Å². The molecule has 1 saturated heterocycles. The number of epoxide rings is 1. The second-order valence-electron chi connectivity index (χ2n) is 8.25. The molecule has 4 heteroatoms. The standard InChI is InChI=1S/C18H30O3Si/c1-16(2,3)22(5,6)20-14-15-17(4,21-15)12-13-18(19)10-8-7-9-11-18/h8,10,15,19H,7,9,11,14H2,1-6H3/t15-,17+,18?/m0/s1. The lowest BCUT2D eigenvalue weighted by Crippen LogP contribution is -2.42.